The largest absolute Gasteiger partial charge is 0.359 e. The summed E-state index contributed by atoms with van der Waals surface area (Å²) in [5, 5.41) is 6.18. The molecule has 2 N–H and O–H groups in total. The minimum Gasteiger partial charge on any atom is -0.359 e. The zero-order chi connectivity index (χ0) is 15.9. The van der Waals surface area contributed by atoms with E-state index in [1.165, 1.54) is 32.1 Å². The molecule has 0 aliphatic heterocycles. The minimum absolute atomic E-state index is 0.497. The zero-order valence-electron chi connectivity index (χ0n) is 13.2. The molecular weight excluding hydrogens is 302 g/mol. The fraction of sp³-hybridized carbons (Fsp3) is 0.316. The summed E-state index contributed by atoms with van der Waals surface area (Å²) < 4.78 is 0. The van der Waals surface area contributed by atoms with Crippen LogP contribution in [0.5, 0.6) is 0 Å². The molecule has 0 heterocycles. The van der Waals surface area contributed by atoms with Crippen molar-refractivity contribution < 1.29 is 0 Å². The molecule has 0 bridgehead atoms. The van der Waals surface area contributed by atoms with E-state index in [1.54, 1.807) is 0 Å². The summed E-state index contributed by atoms with van der Waals surface area (Å²) in [7, 11) is 0. The summed E-state index contributed by atoms with van der Waals surface area (Å²) in [5.41, 5.74) is 5.47. The van der Waals surface area contributed by atoms with E-state index < -0.39 is 0 Å². The van der Waals surface area contributed by atoms with Gasteiger partial charge in [-0.05, 0) is 49.3 Å². The van der Waals surface area contributed by atoms with Crippen LogP contribution in [0.4, 0.5) is 11.4 Å². The quantitative estimate of drug-likeness (QED) is 0.638. The van der Waals surface area contributed by atoms with Gasteiger partial charge < -0.3 is 5.32 Å². The van der Waals surface area contributed by atoms with Gasteiger partial charge in [-0.3, -0.25) is 10.4 Å². The molecule has 0 radical (unpaired) electrons. The number of hydrogen-bond acceptors (Lipinski definition) is 2. The third-order valence-corrected chi connectivity index (χ3v) is 4.39. The van der Waals surface area contributed by atoms with Crippen LogP contribution in [-0.4, -0.2) is 11.2 Å². The predicted octanol–water partition coefficient (Wildman–Crippen LogP) is 4.54. The number of benzene rings is 2. The van der Waals surface area contributed by atoms with E-state index in [0.29, 0.717) is 11.2 Å². The molecule has 120 valence electrons. The number of hydrazine groups is 1. The Morgan fingerprint density at radius 3 is 1.87 bits per heavy atom. The second-order valence-corrected chi connectivity index (χ2v) is 6.33. The second kappa shape index (κ2) is 7.97. The number of rotatable bonds is 4. The van der Waals surface area contributed by atoms with Gasteiger partial charge in [-0.2, -0.15) is 0 Å². The zero-order valence-corrected chi connectivity index (χ0v) is 14.1. The molecule has 1 fully saturated rings. The van der Waals surface area contributed by atoms with Gasteiger partial charge in [0.25, 0.3) is 0 Å². The SMILES string of the molecule is S=C(NC1CCCCC1)NN(c1ccccc1)c1ccccc1. The van der Waals surface area contributed by atoms with Gasteiger partial charge in [0, 0.05) is 6.04 Å². The first-order valence-corrected chi connectivity index (χ1v) is 8.71. The van der Waals surface area contributed by atoms with Crippen molar-refractivity contribution in [3.8, 4) is 0 Å². The third-order valence-electron chi connectivity index (χ3n) is 4.18. The number of nitrogens with one attached hydrogen (secondary N) is 2. The van der Waals surface area contributed by atoms with Gasteiger partial charge in [-0.15, -0.1) is 0 Å². The smallest absolute Gasteiger partial charge is 0.185 e. The Balaban J connectivity index is 1.72. The fourth-order valence-corrected chi connectivity index (χ4v) is 3.26. The van der Waals surface area contributed by atoms with Gasteiger partial charge >= 0.3 is 0 Å². The average Bonchev–Trinajstić information content (AvgIpc) is 2.62. The van der Waals surface area contributed by atoms with Crippen LogP contribution < -0.4 is 15.8 Å². The van der Waals surface area contributed by atoms with Crippen molar-refractivity contribution >= 4 is 28.7 Å². The molecule has 1 saturated carbocycles. The lowest BCUT2D eigenvalue weighted by molar-refractivity contribution is 0.412. The van der Waals surface area contributed by atoms with Crippen LogP contribution in [0.15, 0.2) is 60.7 Å². The number of hydrogen-bond donors (Lipinski definition) is 2. The van der Waals surface area contributed by atoms with Crippen LogP contribution in [0.2, 0.25) is 0 Å². The Hall–Kier alpha value is -2.07. The Kier molecular flexibility index (Phi) is 5.48. The summed E-state index contributed by atoms with van der Waals surface area (Å²) in [6.45, 7) is 0. The van der Waals surface area contributed by atoms with Gasteiger partial charge in [0.2, 0.25) is 0 Å². The molecule has 0 saturated heterocycles. The third kappa shape index (κ3) is 4.45. The minimum atomic E-state index is 0.497. The molecule has 4 heteroatoms. The maximum atomic E-state index is 5.55. The number of thiocarbonyl (C=S) groups is 1. The summed E-state index contributed by atoms with van der Waals surface area (Å²) >= 11 is 5.55. The molecule has 0 spiro atoms. The monoisotopic (exact) mass is 325 g/mol. The molecule has 1 aliphatic rings. The Labute approximate surface area is 143 Å². The molecular formula is C19H23N3S. The van der Waals surface area contributed by atoms with Crippen LogP contribution in [-0.2, 0) is 0 Å². The van der Waals surface area contributed by atoms with Gasteiger partial charge in [0.05, 0.1) is 11.4 Å². The summed E-state index contributed by atoms with van der Waals surface area (Å²) in [4.78, 5) is 0. The highest BCUT2D eigenvalue weighted by molar-refractivity contribution is 7.80. The Morgan fingerprint density at radius 2 is 1.35 bits per heavy atom. The van der Waals surface area contributed by atoms with E-state index in [2.05, 4.69) is 35.0 Å². The molecule has 1 aliphatic carbocycles. The summed E-state index contributed by atoms with van der Waals surface area (Å²) in [6.07, 6.45) is 6.35. The van der Waals surface area contributed by atoms with Gasteiger partial charge in [-0.1, -0.05) is 55.7 Å². The highest BCUT2D eigenvalue weighted by Crippen LogP contribution is 2.22. The van der Waals surface area contributed by atoms with Gasteiger partial charge in [0.15, 0.2) is 5.11 Å². The maximum Gasteiger partial charge on any atom is 0.185 e. The van der Waals surface area contributed by atoms with Crippen LogP contribution in [0, 0.1) is 0 Å². The van der Waals surface area contributed by atoms with Crippen molar-refractivity contribution in [1.82, 2.24) is 10.7 Å². The first-order valence-electron chi connectivity index (χ1n) is 8.30. The lowest BCUT2D eigenvalue weighted by Gasteiger charge is -2.30. The lowest BCUT2D eigenvalue weighted by Crippen LogP contribution is -2.48. The number of para-hydroxylation sites is 2. The molecule has 0 amide bonds. The topological polar surface area (TPSA) is 27.3 Å². The van der Waals surface area contributed by atoms with Crippen molar-refractivity contribution in [1.29, 1.82) is 0 Å². The maximum absolute atomic E-state index is 5.55. The molecule has 2 aromatic rings. The van der Waals surface area contributed by atoms with E-state index >= 15 is 0 Å². The van der Waals surface area contributed by atoms with Crippen LogP contribution >= 0.6 is 12.2 Å². The van der Waals surface area contributed by atoms with E-state index in [4.69, 9.17) is 12.2 Å². The Bertz CT molecular complexity index is 570. The van der Waals surface area contributed by atoms with E-state index in [1.807, 2.05) is 41.4 Å². The Morgan fingerprint density at radius 1 is 0.826 bits per heavy atom. The van der Waals surface area contributed by atoms with Crippen molar-refractivity contribution in [2.75, 3.05) is 5.01 Å². The van der Waals surface area contributed by atoms with E-state index in [0.717, 1.165) is 11.4 Å². The number of nitrogens with zero attached hydrogens (tertiary/aromatic N) is 1. The van der Waals surface area contributed by atoms with Gasteiger partial charge in [0.1, 0.15) is 0 Å². The van der Waals surface area contributed by atoms with Gasteiger partial charge in [-0.25, -0.2) is 0 Å². The number of anilines is 2. The van der Waals surface area contributed by atoms with Crippen molar-refractivity contribution in [3.63, 3.8) is 0 Å². The first kappa shape index (κ1) is 15.8. The van der Waals surface area contributed by atoms with Crippen molar-refractivity contribution in [3.05, 3.63) is 60.7 Å². The van der Waals surface area contributed by atoms with Crippen LogP contribution in [0.25, 0.3) is 0 Å². The molecule has 23 heavy (non-hydrogen) atoms. The predicted molar refractivity (Wildman–Crippen MR) is 101 cm³/mol. The molecule has 3 nitrogen and oxygen atoms in total. The van der Waals surface area contributed by atoms with Crippen LogP contribution in [0.1, 0.15) is 32.1 Å². The van der Waals surface area contributed by atoms with Crippen molar-refractivity contribution in [2.45, 2.75) is 38.1 Å². The summed E-state index contributed by atoms with van der Waals surface area (Å²) in [5.74, 6) is 0. The highest BCUT2D eigenvalue weighted by atomic mass is 32.1. The normalized spacial score (nSPS) is 15.0. The molecule has 2 aromatic carbocycles. The highest BCUT2D eigenvalue weighted by Gasteiger charge is 2.16. The van der Waals surface area contributed by atoms with E-state index in [-0.39, 0.29) is 0 Å². The van der Waals surface area contributed by atoms with E-state index in [9.17, 15) is 0 Å². The molecule has 3 rings (SSSR count). The summed E-state index contributed by atoms with van der Waals surface area (Å²) in [6, 6.07) is 21.0. The first-order chi connectivity index (χ1) is 11.3. The standard InChI is InChI=1S/C19H23N3S/c23-19(20-16-10-4-1-5-11-16)21-22(17-12-6-2-7-13-17)18-14-8-3-9-15-18/h2-3,6-9,12-16H,1,4-5,10-11H2,(H2,20,21,23). The lowest BCUT2D eigenvalue weighted by atomic mass is 9.96. The average molecular weight is 325 g/mol. The molecule has 0 unspecified atom stereocenters. The fourth-order valence-electron chi connectivity index (χ4n) is 3.00. The van der Waals surface area contributed by atoms with Crippen molar-refractivity contribution in [2.24, 2.45) is 0 Å². The second-order valence-electron chi connectivity index (χ2n) is 5.93. The van der Waals surface area contributed by atoms with Crippen LogP contribution in [0.3, 0.4) is 0 Å². The molecule has 0 atom stereocenters. The molecule has 0 aromatic heterocycles.